The minimum absolute atomic E-state index is 0.0248. The number of rotatable bonds is 2. The summed E-state index contributed by atoms with van der Waals surface area (Å²) < 4.78 is 26.1. The second kappa shape index (κ2) is 4.54. The molecule has 1 aromatic rings. The van der Waals surface area contributed by atoms with E-state index in [2.05, 4.69) is 31.9 Å². The zero-order chi connectivity index (χ0) is 11.7. The van der Waals surface area contributed by atoms with Gasteiger partial charge in [0.15, 0.2) is 17.7 Å². The van der Waals surface area contributed by atoms with Crippen LogP contribution in [0.15, 0.2) is 15.0 Å². The molecule has 1 atom stereocenters. The first-order valence-electron chi connectivity index (χ1n) is 3.60. The third-order valence-electron chi connectivity index (χ3n) is 1.66. The predicted molar refractivity (Wildman–Crippen MR) is 54.4 cm³/mol. The number of aliphatic hydroxyl groups excluding tert-OH is 1. The van der Waals surface area contributed by atoms with Gasteiger partial charge in [-0.05, 0) is 22.0 Å². The standard InChI is InChI=1S/C8H4Br2F2O3/c9-2-1-3(10)5(11)6(12)4(2)7(13)8(14)15/h1,7,13H,(H,14,15). The Morgan fingerprint density at radius 2 is 1.80 bits per heavy atom. The van der Waals surface area contributed by atoms with Crippen molar-refractivity contribution in [2.75, 3.05) is 0 Å². The van der Waals surface area contributed by atoms with Crippen LogP contribution in [0.2, 0.25) is 0 Å². The van der Waals surface area contributed by atoms with E-state index in [0.717, 1.165) is 6.07 Å². The van der Waals surface area contributed by atoms with Crippen molar-refractivity contribution in [2.24, 2.45) is 0 Å². The van der Waals surface area contributed by atoms with Gasteiger partial charge in [0.1, 0.15) is 0 Å². The average Bonchev–Trinajstić information content (AvgIpc) is 2.14. The van der Waals surface area contributed by atoms with Crippen LogP contribution in [-0.2, 0) is 4.79 Å². The van der Waals surface area contributed by atoms with Crippen molar-refractivity contribution < 1.29 is 23.8 Å². The Morgan fingerprint density at radius 3 is 2.27 bits per heavy atom. The number of aliphatic hydroxyl groups is 1. The van der Waals surface area contributed by atoms with Crippen molar-refractivity contribution in [3.8, 4) is 0 Å². The average molecular weight is 346 g/mol. The molecule has 0 amide bonds. The molecule has 7 heteroatoms. The van der Waals surface area contributed by atoms with E-state index in [9.17, 15) is 13.6 Å². The molecule has 0 aliphatic heterocycles. The number of carbonyl (C=O) groups is 1. The fraction of sp³-hybridized carbons (Fsp3) is 0.125. The fourth-order valence-electron chi connectivity index (χ4n) is 0.954. The maximum Gasteiger partial charge on any atom is 0.337 e. The summed E-state index contributed by atoms with van der Waals surface area (Å²) in [6, 6.07) is 1.12. The fourth-order valence-corrected chi connectivity index (χ4v) is 2.28. The van der Waals surface area contributed by atoms with Crippen molar-refractivity contribution >= 4 is 37.8 Å². The lowest BCUT2D eigenvalue weighted by Crippen LogP contribution is -2.14. The largest absolute Gasteiger partial charge is 0.479 e. The lowest BCUT2D eigenvalue weighted by molar-refractivity contribution is -0.147. The number of hydrogen-bond donors (Lipinski definition) is 2. The minimum Gasteiger partial charge on any atom is -0.479 e. The lowest BCUT2D eigenvalue weighted by Gasteiger charge is -2.11. The molecule has 0 aliphatic rings. The van der Waals surface area contributed by atoms with Crippen LogP contribution in [0, 0.1) is 11.6 Å². The van der Waals surface area contributed by atoms with Gasteiger partial charge in [0.25, 0.3) is 0 Å². The molecule has 15 heavy (non-hydrogen) atoms. The maximum absolute atomic E-state index is 13.3. The van der Waals surface area contributed by atoms with Crippen LogP contribution in [-0.4, -0.2) is 16.2 Å². The van der Waals surface area contributed by atoms with Gasteiger partial charge in [-0.2, -0.15) is 0 Å². The summed E-state index contributed by atoms with van der Waals surface area (Å²) in [5, 5.41) is 17.6. The van der Waals surface area contributed by atoms with Crippen molar-refractivity contribution in [3.63, 3.8) is 0 Å². The van der Waals surface area contributed by atoms with Crippen molar-refractivity contribution in [1.29, 1.82) is 0 Å². The lowest BCUT2D eigenvalue weighted by atomic mass is 10.1. The molecule has 82 valence electrons. The third kappa shape index (κ3) is 2.35. The predicted octanol–water partition coefficient (Wildman–Crippen LogP) is 2.61. The Balaban J connectivity index is 3.42. The molecule has 0 fully saturated rings. The van der Waals surface area contributed by atoms with Crippen molar-refractivity contribution in [3.05, 3.63) is 32.2 Å². The highest BCUT2D eigenvalue weighted by Crippen LogP contribution is 2.32. The molecule has 0 saturated heterocycles. The summed E-state index contributed by atoms with van der Waals surface area (Å²) in [5.74, 6) is -4.30. The monoisotopic (exact) mass is 344 g/mol. The Hall–Kier alpha value is -0.530. The summed E-state index contributed by atoms with van der Waals surface area (Å²) in [5.41, 5.74) is -0.636. The number of carboxylic acids is 1. The molecule has 3 nitrogen and oxygen atoms in total. The van der Waals surface area contributed by atoms with Gasteiger partial charge in [-0.1, -0.05) is 15.9 Å². The Kier molecular flexibility index (Phi) is 3.80. The summed E-state index contributed by atoms with van der Waals surface area (Å²) >= 11 is 5.58. The molecule has 1 unspecified atom stereocenters. The molecule has 0 bridgehead atoms. The van der Waals surface area contributed by atoms with Crippen LogP contribution in [0.25, 0.3) is 0 Å². The van der Waals surface area contributed by atoms with Crippen LogP contribution in [0.4, 0.5) is 8.78 Å². The molecule has 0 radical (unpaired) electrons. The molecule has 1 aromatic carbocycles. The van der Waals surface area contributed by atoms with Gasteiger partial charge in [0.2, 0.25) is 0 Å². The van der Waals surface area contributed by atoms with Crippen LogP contribution in [0.1, 0.15) is 11.7 Å². The molecule has 0 saturated carbocycles. The summed E-state index contributed by atoms with van der Waals surface area (Å²) in [6.07, 6.45) is -2.11. The van der Waals surface area contributed by atoms with Gasteiger partial charge < -0.3 is 10.2 Å². The molecule has 2 N–H and O–H groups in total. The zero-order valence-electron chi connectivity index (χ0n) is 6.97. The van der Waals surface area contributed by atoms with Crippen molar-refractivity contribution in [2.45, 2.75) is 6.10 Å². The first-order valence-corrected chi connectivity index (χ1v) is 5.18. The van der Waals surface area contributed by atoms with E-state index in [4.69, 9.17) is 10.2 Å². The van der Waals surface area contributed by atoms with Crippen LogP contribution >= 0.6 is 31.9 Å². The van der Waals surface area contributed by atoms with E-state index >= 15 is 0 Å². The molecule has 0 aliphatic carbocycles. The van der Waals surface area contributed by atoms with Gasteiger partial charge in [0.05, 0.1) is 4.47 Å². The number of aliphatic carboxylic acids is 1. The quantitative estimate of drug-likeness (QED) is 0.640. The molecular weight excluding hydrogens is 342 g/mol. The number of halogens is 4. The zero-order valence-corrected chi connectivity index (χ0v) is 10.1. The van der Waals surface area contributed by atoms with Gasteiger partial charge >= 0.3 is 5.97 Å². The van der Waals surface area contributed by atoms with Crippen molar-refractivity contribution in [1.82, 2.24) is 0 Å². The maximum atomic E-state index is 13.3. The van der Waals surface area contributed by atoms with E-state index in [1.165, 1.54) is 0 Å². The topological polar surface area (TPSA) is 57.5 Å². The normalized spacial score (nSPS) is 12.6. The number of benzene rings is 1. The number of hydrogen-bond acceptors (Lipinski definition) is 2. The summed E-state index contributed by atoms with van der Waals surface area (Å²) in [4.78, 5) is 10.4. The van der Waals surface area contributed by atoms with Crippen LogP contribution in [0.3, 0.4) is 0 Å². The SMILES string of the molecule is O=C(O)C(O)c1c(Br)cc(Br)c(F)c1F. The highest BCUT2D eigenvalue weighted by atomic mass is 79.9. The summed E-state index contributed by atoms with van der Waals surface area (Å²) in [6.45, 7) is 0. The summed E-state index contributed by atoms with van der Waals surface area (Å²) in [7, 11) is 0. The van der Waals surface area contributed by atoms with Gasteiger partial charge in [0, 0.05) is 10.0 Å². The van der Waals surface area contributed by atoms with Crippen LogP contribution in [0.5, 0.6) is 0 Å². The number of carboxylic acid groups (broad SMARTS) is 1. The van der Waals surface area contributed by atoms with Gasteiger partial charge in [-0.3, -0.25) is 0 Å². The van der Waals surface area contributed by atoms with E-state index < -0.39 is 29.3 Å². The first kappa shape index (κ1) is 12.5. The Labute approximate surface area is 100.0 Å². The smallest absolute Gasteiger partial charge is 0.337 e. The van der Waals surface area contributed by atoms with Gasteiger partial charge in [-0.15, -0.1) is 0 Å². The minimum atomic E-state index is -2.11. The van der Waals surface area contributed by atoms with E-state index in [0.29, 0.717) is 0 Å². The second-order valence-corrected chi connectivity index (χ2v) is 4.33. The van der Waals surface area contributed by atoms with E-state index in [1.807, 2.05) is 0 Å². The highest BCUT2D eigenvalue weighted by Gasteiger charge is 2.26. The first-order chi connectivity index (χ1) is 6.86. The molecule has 0 spiro atoms. The molecule has 1 rings (SSSR count). The van der Waals surface area contributed by atoms with Crippen LogP contribution < -0.4 is 0 Å². The van der Waals surface area contributed by atoms with E-state index in [1.54, 1.807) is 0 Å². The Bertz CT molecular complexity index is 423. The Morgan fingerprint density at radius 1 is 1.27 bits per heavy atom. The molecular formula is C8H4Br2F2O3. The molecule has 0 aromatic heterocycles. The molecule has 0 heterocycles. The van der Waals surface area contributed by atoms with E-state index in [-0.39, 0.29) is 8.95 Å². The third-order valence-corrected chi connectivity index (χ3v) is 2.89. The van der Waals surface area contributed by atoms with Gasteiger partial charge in [-0.25, -0.2) is 13.6 Å². The second-order valence-electron chi connectivity index (χ2n) is 2.62. The highest BCUT2D eigenvalue weighted by molar-refractivity contribution is 9.11.